The Bertz CT molecular complexity index is 646. The Morgan fingerprint density at radius 3 is 2.38 bits per heavy atom. The number of nitrogens with zero attached hydrogens (tertiary/aromatic N) is 3. The third-order valence-corrected chi connectivity index (χ3v) is 5.74. The molecule has 6 heteroatoms. The lowest BCUT2D eigenvalue weighted by atomic mass is 10.2. The van der Waals surface area contributed by atoms with Gasteiger partial charge in [0.25, 0.3) is 0 Å². The summed E-state index contributed by atoms with van der Waals surface area (Å²) < 4.78 is 27.3. The summed E-state index contributed by atoms with van der Waals surface area (Å²) in [6.45, 7) is 11.8. The van der Waals surface area contributed by atoms with Gasteiger partial charge < -0.3 is 4.90 Å². The Morgan fingerprint density at radius 1 is 1.17 bits per heavy atom. The molecule has 0 fully saturated rings. The van der Waals surface area contributed by atoms with Gasteiger partial charge in [0, 0.05) is 19.6 Å². The molecule has 134 valence electrons. The molecule has 0 unspecified atom stereocenters. The highest BCUT2D eigenvalue weighted by atomic mass is 32.2. The van der Waals surface area contributed by atoms with Crippen LogP contribution in [-0.4, -0.2) is 50.3 Å². The van der Waals surface area contributed by atoms with E-state index >= 15 is 0 Å². The van der Waals surface area contributed by atoms with Gasteiger partial charge in [-0.25, -0.2) is 12.7 Å². The minimum atomic E-state index is -3.41. The maximum absolute atomic E-state index is 12.8. The fraction of sp³-hybridized carbons (Fsp3) is 0.611. The minimum Gasteiger partial charge on any atom is -0.303 e. The van der Waals surface area contributed by atoms with Gasteiger partial charge in [0.05, 0.1) is 17.4 Å². The van der Waals surface area contributed by atoms with Gasteiger partial charge in [-0.15, -0.1) is 0 Å². The molecule has 0 aliphatic rings. The van der Waals surface area contributed by atoms with Crippen molar-refractivity contribution in [1.82, 2.24) is 9.21 Å². The van der Waals surface area contributed by atoms with Crippen molar-refractivity contribution in [3.8, 4) is 6.07 Å². The van der Waals surface area contributed by atoms with Gasteiger partial charge in [0.15, 0.2) is 0 Å². The summed E-state index contributed by atoms with van der Waals surface area (Å²) >= 11 is 0. The van der Waals surface area contributed by atoms with Crippen LogP contribution in [0.4, 0.5) is 0 Å². The van der Waals surface area contributed by atoms with E-state index in [-0.39, 0.29) is 11.7 Å². The van der Waals surface area contributed by atoms with Crippen molar-refractivity contribution in [3.05, 3.63) is 35.4 Å². The van der Waals surface area contributed by atoms with E-state index in [1.54, 1.807) is 28.6 Å². The van der Waals surface area contributed by atoms with Crippen LogP contribution in [0.2, 0.25) is 0 Å². The molecular formula is C18H29N3O2S. The number of nitriles is 1. The normalized spacial score (nSPS) is 12.1. The predicted octanol–water partition coefficient (Wildman–Crippen LogP) is 2.69. The van der Waals surface area contributed by atoms with Crippen molar-refractivity contribution in [3.63, 3.8) is 0 Å². The van der Waals surface area contributed by atoms with E-state index in [0.717, 1.165) is 19.6 Å². The number of likely N-dealkylation sites (N-methyl/N-ethyl adjacent to an activating group) is 1. The lowest BCUT2D eigenvalue weighted by molar-refractivity contribution is 0.262. The van der Waals surface area contributed by atoms with Gasteiger partial charge in [0.2, 0.25) is 10.0 Å². The quantitative estimate of drug-likeness (QED) is 0.650. The second-order valence-corrected chi connectivity index (χ2v) is 8.32. The fourth-order valence-electron chi connectivity index (χ4n) is 2.58. The minimum absolute atomic E-state index is 0.0620. The number of hydrogen-bond donors (Lipinski definition) is 0. The monoisotopic (exact) mass is 351 g/mol. The lowest BCUT2D eigenvalue weighted by Crippen LogP contribution is -2.41. The summed E-state index contributed by atoms with van der Waals surface area (Å²) in [5.74, 6) is 0.204. The van der Waals surface area contributed by atoms with E-state index in [1.165, 1.54) is 0 Å². The number of hydrogen-bond acceptors (Lipinski definition) is 4. The van der Waals surface area contributed by atoms with Crippen molar-refractivity contribution in [2.24, 2.45) is 5.92 Å². The van der Waals surface area contributed by atoms with Crippen LogP contribution in [0.15, 0.2) is 24.3 Å². The first kappa shape index (κ1) is 20.6. The van der Waals surface area contributed by atoms with Gasteiger partial charge in [-0.1, -0.05) is 39.8 Å². The van der Waals surface area contributed by atoms with Crippen LogP contribution in [0, 0.1) is 17.2 Å². The Kier molecular flexibility index (Phi) is 8.40. The average Bonchev–Trinajstić information content (AvgIpc) is 2.54. The van der Waals surface area contributed by atoms with Crippen molar-refractivity contribution >= 4 is 10.0 Å². The van der Waals surface area contributed by atoms with Crippen molar-refractivity contribution in [1.29, 1.82) is 5.26 Å². The summed E-state index contributed by atoms with van der Waals surface area (Å²) in [5.41, 5.74) is 1.15. The fourth-order valence-corrected chi connectivity index (χ4v) is 4.25. The first-order chi connectivity index (χ1) is 11.3. The maximum atomic E-state index is 12.8. The molecule has 0 bridgehead atoms. The zero-order chi connectivity index (χ0) is 18.2. The molecule has 0 spiro atoms. The summed E-state index contributed by atoms with van der Waals surface area (Å²) in [6, 6.07) is 8.87. The largest absolute Gasteiger partial charge is 0.303 e. The molecule has 0 aliphatic heterocycles. The average molecular weight is 352 g/mol. The van der Waals surface area contributed by atoms with Crippen molar-refractivity contribution in [2.75, 3.05) is 32.7 Å². The third-order valence-electron chi connectivity index (χ3n) is 3.93. The Labute approximate surface area is 146 Å². The molecule has 0 N–H and O–H groups in total. The maximum Gasteiger partial charge on any atom is 0.218 e. The SMILES string of the molecule is CCN(CC)CCN(CC(C)C)S(=O)(=O)Cc1cccc(C#N)c1. The highest BCUT2D eigenvalue weighted by Crippen LogP contribution is 2.14. The Balaban J connectivity index is 2.91. The molecule has 0 amide bonds. The second-order valence-electron chi connectivity index (χ2n) is 6.35. The smallest absolute Gasteiger partial charge is 0.218 e. The van der Waals surface area contributed by atoms with Crippen LogP contribution >= 0.6 is 0 Å². The van der Waals surface area contributed by atoms with E-state index in [1.807, 2.05) is 13.8 Å². The molecule has 0 saturated carbocycles. The molecule has 0 saturated heterocycles. The van der Waals surface area contributed by atoms with Crippen LogP contribution in [0.3, 0.4) is 0 Å². The Hall–Kier alpha value is -1.42. The number of benzene rings is 1. The van der Waals surface area contributed by atoms with Gasteiger partial charge in [0.1, 0.15) is 0 Å². The second kappa shape index (κ2) is 9.77. The van der Waals surface area contributed by atoms with Gasteiger partial charge >= 0.3 is 0 Å². The molecule has 0 radical (unpaired) electrons. The predicted molar refractivity (Wildman–Crippen MR) is 98.0 cm³/mol. The molecule has 1 aromatic carbocycles. The van der Waals surface area contributed by atoms with E-state index < -0.39 is 10.0 Å². The van der Waals surface area contributed by atoms with Crippen LogP contribution in [-0.2, 0) is 15.8 Å². The number of sulfonamides is 1. The first-order valence-electron chi connectivity index (χ1n) is 8.51. The topological polar surface area (TPSA) is 64.4 Å². The summed E-state index contributed by atoms with van der Waals surface area (Å²) in [7, 11) is -3.41. The molecule has 0 heterocycles. The van der Waals surface area contributed by atoms with Crippen LogP contribution in [0.5, 0.6) is 0 Å². The molecule has 0 aliphatic carbocycles. The zero-order valence-electron chi connectivity index (χ0n) is 15.2. The van der Waals surface area contributed by atoms with Crippen molar-refractivity contribution < 1.29 is 8.42 Å². The van der Waals surface area contributed by atoms with Crippen LogP contribution in [0.25, 0.3) is 0 Å². The standard InChI is InChI=1S/C18H29N3O2S/c1-5-20(6-2)10-11-21(14-16(3)4)24(22,23)15-18-9-7-8-17(12-18)13-19/h7-9,12,16H,5-6,10-11,14-15H2,1-4H3. The first-order valence-corrected chi connectivity index (χ1v) is 10.1. The molecule has 1 aromatic rings. The summed E-state index contributed by atoms with van der Waals surface area (Å²) in [4.78, 5) is 2.22. The lowest BCUT2D eigenvalue weighted by Gasteiger charge is -2.27. The molecule has 5 nitrogen and oxygen atoms in total. The molecule has 0 atom stereocenters. The summed E-state index contributed by atoms with van der Waals surface area (Å²) in [5, 5.41) is 8.97. The van der Waals surface area contributed by atoms with E-state index in [2.05, 4.69) is 24.8 Å². The van der Waals surface area contributed by atoms with Gasteiger partial charge in [-0.3, -0.25) is 0 Å². The van der Waals surface area contributed by atoms with Crippen LogP contribution < -0.4 is 0 Å². The van der Waals surface area contributed by atoms with E-state index in [4.69, 9.17) is 5.26 Å². The Morgan fingerprint density at radius 2 is 1.83 bits per heavy atom. The molecular weight excluding hydrogens is 322 g/mol. The third kappa shape index (κ3) is 6.60. The number of rotatable bonds is 10. The van der Waals surface area contributed by atoms with Crippen LogP contribution in [0.1, 0.15) is 38.8 Å². The highest BCUT2D eigenvalue weighted by molar-refractivity contribution is 7.88. The highest BCUT2D eigenvalue weighted by Gasteiger charge is 2.23. The van der Waals surface area contributed by atoms with Gasteiger partial charge in [-0.2, -0.15) is 5.26 Å². The molecule has 24 heavy (non-hydrogen) atoms. The zero-order valence-corrected chi connectivity index (χ0v) is 16.0. The summed E-state index contributed by atoms with van der Waals surface area (Å²) in [6.07, 6.45) is 0. The molecule has 0 aromatic heterocycles. The van der Waals surface area contributed by atoms with E-state index in [0.29, 0.717) is 24.2 Å². The van der Waals surface area contributed by atoms with Crippen molar-refractivity contribution in [2.45, 2.75) is 33.4 Å². The van der Waals surface area contributed by atoms with Gasteiger partial charge in [-0.05, 0) is 36.7 Å². The molecule has 1 rings (SSSR count). The van der Waals surface area contributed by atoms with E-state index in [9.17, 15) is 8.42 Å².